The lowest BCUT2D eigenvalue weighted by Crippen LogP contribution is -2.48. The first kappa shape index (κ1) is 20.5. The van der Waals surface area contributed by atoms with Crippen molar-refractivity contribution in [3.63, 3.8) is 0 Å². The van der Waals surface area contributed by atoms with Gasteiger partial charge in [0.1, 0.15) is 0 Å². The summed E-state index contributed by atoms with van der Waals surface area (Å²) in [5.41, 5.74) is 9.66. The predicted molar refractivity (Wildman–Crippen MR) is 117 cm³/mol. The van der Waals surface area contributed by atoms with Crippen LogP contribution in [0.4, 0.5) is 5.69 Å². The van der Waals surface area contributed by atoms with Crippen molar-refractivity contribution in [3.05, 3.63) is 59.9 Å². The van der Waals surface area contributed by atoms with E-state index in [9.17, 15) is 9.59 Å². The Balaban J connectivity index is 1.28. The number of nitrogens with one attached hydrogen (secondary N) is 2. The number of hydrogen-bond donors (Lipinski definition) is 3. The third kappa shape index (κ3) is 4.70. The fourth-order valence-corrected chi connectivity index (χ4v) is 4.81. The lowest BCUT2D eigenvalue weighted by Gasteiger charge is -2.33. The van der Waals surface area contributed by atoms with Gasteiger partial charge >= 0.3 is 0 Å². The van der Waals surface area contributed by atoms with Crippen molar-refractivity contribution in [2.24, 2.45) is 17.6 Å². The highest BCUT2D eigenvalue weighted by Crippen LogP contribution is 2.33. The average molecular weight is 407 g/mol. The Kier molecular flexibility index (Phi) is 6.43. The quantitative estimate of drug-likeness (QED) is 0.709. The number of aryl methyl sites for hydroxylation is 1. The molecule has 1 saturated carbocycles. The average Bonchev–Trinajstić information content (AvgIpc) is 2.79. The summed E-state index contributed by atoms with van der Waals surface area (Å²) < 4.78 is 0. The smallest absolute Gasteiger partial charge is 0.237 e. The number of aromatic nitrogens is 1. The highest BCUT2D eigenvalue weighted by atomic mass is 16.2. The van der Waals surface area contributed by atoms with Crippen molar-refractivity contribution >= 4 is 17.5 Å². The van der Waals surface area contributed by atoms with Gasteiger partial charge < -0.3 is 16.4 Å². The highest BCUT2D eigenvalue weighted by molar-refractivity contribution is 5.92. The van der Waals surface area contributed by atoms with Gasteiger partial charge in [0.05, 0.1) is 12.1 Å². The maximum atomic E-state index is 12.9. The topological polar surface area (TPSA) is 97.1 Å². The van der Waals surface area contributed by atoms with Crippen molar-refractivity contribution in [3.8, 4) is 0 Å². The van der Waals surface area contributed by atoms with E-state index in [1.165, 1.54) is 11.1 Å². The summed E-state index contributed by atoms with van der Waals surface area (Å²) in [6.07, 6.45) is 9.54. The maximum Gasteiger partial charge on any atom is 0.237 e. The SMILES string of the molecule is NC(C(=O)N[C@@H]1CCCc2ccccc21)C1CCC(C(=O)Nc2ccncc2)CC1. The molecule has 4 rings (SSSR count). The molecule has 2 amide bonds. The fraction of sp³-hybridized carbons (Fsp3) is 0.458. The summed E-state index contributed by atoms with van der Waals surface area (Å²) in [5, 5.41) is 6.14. The van der Waals surface area contributed by atoms with Crippen LogP contribution in [0.3, 0.4) is 0 Å². The zero-order valence-electron chi connectivity index (χ0n) is 17.2. The molecule has 1 aromatic carbocycles. The molecule has 0 saturated heterocycles. The van der Waals surface area contributed by atoms with Gasteiger partial charge in [0, 0.05) is 24.0 Å². The molecule has 2 aliphatic rings. The molecule has 2 aliphatic carbocycles. The summed E-state index contributed by atoms with van der Waals surface area (Å²) in [7, 11) is 0. The number of rotatable bonds is 5. The zero-order chi connectivity index (χ0) is 20.9. The van der Waals surface area contributed by atoms with Crippen LogP contribution < -0.4 is 16.4 Å². The van der Waals surface area contributed by atoms with Gasteiger partial charge in [0.2, 0.25) is 11.8 Å². The number of hydrogen-bond acceptors (Lipinski definition) is 4. The summed E-state index contributed by atoms with van der Waals surface area (Å²) in [4.78, 5) is 29.3. The lowest BCUT2D eigenvalue weighted by atomic mass is 9.78. The van der Waals surface area contributed by atoms with Crippen LogP contribution in [-0.4, -0.2) is 22.8 Å². The Labute approximate surface area is 177 Å². The summed E-state index contributed by atoms with van der Waals surface area (Å²) >= 11 is 0. The van der Waals surface area contributed by atoms with Crippen molar-refractivity contribution in [2.75, 3.05) is 5.32 Å². The minimum atomic E-state index is -0.525. The van der Waals surface area contributed by atoms with Crippen LogP contribution in [0.2, 0.25) is 0 Å². The molecule has 2 aromatic rings. The minimum Gasteiger partial charge on any atom is -0.348 e. The number of carbonyl (C=O) groups excluding carboxylic acids is 2. The van der Waals surface area contributed by atoms with Gasteiger partial charge in [-0.2, -0.15) is 0 Å². The number of pyridine rings is 1. The molecule has 4 N–H and O–H groups in total. The molecule has 1 heterocycles. The first-order chi connectivity index (χ1) is 14.6. The molecule has 1 aromatic heterocycles. The van der Waals surface area contributed by atoms with Gasteiger partial charge in [-0.05, 0) is 74.1 Å². The molecule has 0 bridgehead atoms. The van der Waals surface area contributed by atoms with Crippen LogP contribution in [0.5, 0.6) is 0 Å². The van der Waals surface area contributed by atoms with E-state index in [1.54, 1.807) is 24.5 Å². The molecule has 0 aliphatic heterocycles. The molecule has 6 heteroatoms. The molecule has 2 atom stereocenters. The van der Waals surface area contributed by atoms with Crippen molar-refractivity contribution in [1.82, 2.24) is 10.3 Å². The van der Waals surface area contributed by atoms with E-state index in [0.717, 1.165) is 50.6 Å². The van der Waals surface area contributed by atoms with Crippen molar-refractivity contribution < 1.29 is 9.59 Å². The van der Waals surface area contributed by atoms with E-state index in [0.29, 0.717) is 0 Å². The van der Waals surface area contributed by atoms with Crippen LogP contribution in [0.1, 0.15) is 55.7 Å². The van der Waals surface area contributed by atoms with Gasteiger partial charge in [0.15, 0.2) is 0 Å². The van der Waals surface area contributed by atoms with E-state index < -0.39 is 6.04 Å². The van der Waals surface area contributed by atoms with Crippen LogP contribution in [0, 0.1) is 11.8 Å². The highest BCUT2D eigenvalue weighted by Gasteiger charge is 2.33. The second kappa shape index (κ2) is 9.39. The molecule has 30 heavy (non-hydrogen) atoms. The first-order valence-electron chi connectivity index (χ1n) is 11.0. The Morgan fingerprint density at radius 1 is 1.00 bits per heavy atom. The largest absolute Gasteiger partial charge is 0.348 e. The molecule has 1 fully saturated rings. The Hall–Kier alpha value is -2.73. The molecule has 0 radical (unpaired) electrons. The number of nitrogens with two attached hydrogens (primary N) is 1. The van der Waals surface area contributed by atoms with Gasteiger partial charge in [-0.1, -0.05) is 24.3 Å². The molecule has 1 unspecified atom stereocenters. The number of fused-ring (bicyclic) bond motifs is 1. The second-order valence-electron chi connectivity index (χ2n) is 8.51. The maximum absolute atomic E-state index is 12.9. The van der Waals surface area contributed by atoms with E-state index in [4.69, 9.17) is 5.73 Å². The Morgan fingerprint density at radius 2 is 1.73 bits per heavy atom. The molecular formula is C24H30N4O2. The number of amides is 2. The number of nitrogens with zero attached hydrogens (tertiary/aromatic N) is 1. The van der Waals surface area contributed by atoms with Gasteiger partial charge in [-0.25, -0.2) is 0 Å². The van der Waals surface area contributed by atoms with Crippen LogP contribution >= 0.6 is 0 Å². The summed E-state index contributed by atoms with van der Waals surface area (Å²) in [5.74, 6) is 0.0570. The predicted octanol–water partition coefficient (Wildman–Crippen LogP) is 3.35. The van der Waals surface area contributed by atoms with Crippen molar-refractivity contribution in [1.29, 1.82) is 0 Å². The van der Waals surface area contributed by atoms with E-state index in [1.807, 2.05) is 6.07 Å². The minimum absolute atomic E-state index is 0.0325. The standard InChI is InChI=1S/C24H30N4O2/c25-22(24(30)28-21-7-3-5-16-4-1-2-6-20(16)21)17-8-10-18(11-9-17)23(29)27-19-12-14-26-15-13-19/h1-2,4,6,12-15,17-18,21-22H,3,5,7-11,25H2,(H,28,30)(H,26,27,29)/t17?,18?,21-,22?/m1/s1. The molecule has 158 valence electrons. The van der Waals surface area contributed by atoms with Crippen molar-refractivity contribution in [2.45, 2.75) is 57.0 Å². The third-order valence-electron chi connectivity index (χ3n) is 6.59. The van der Waals surface area contributed by atoms with Gasteiger partial charge in [-0.15, -0.1) is 0 Å². The van der Waals surface area contributed by atoms with Gasteiger partial charge in [-0.3, -0.25) is 14.6 Å². The normalized spacial score (nSPS) is 24.4. The Bertz CT molecular complexity index is 878. The zero-order valence-corrected chi connectivity index (χ0v) is 17.2. The van der Waals surface area contributed by atoms with Crippen LogP contribution in [0.15, 0.2) is 48.8 Å². The molecular weight excluding hydrogens is 376 g/mol. The Morgan fingerprint density at radius 3 is 2.50 bits per heavy atom. The number of benzene rings is 1. The summed E-state index contributed by atoms with van der Waals surface area (Å²) in [6.45, 7) is 0. The second-order valence-corrected chi connectivity index (χ2v) is 8.51. The fourth-order valence-electron chi connectivity index (χ4n) is 4.81. The number of anilines is 1. The summed E-state index contributed by atoms with van der Waals surface area (Å²) in [6, 6.07) is 11.4. The third-order valence-corrected chi connectivity index (χ3v) is 6.59. The van der Waals surface area contributed by atoms with Crippen LogP contribution in [0.25, 0.3) is 0 Å². The monoisotopic (exact) mass is 406 g/mol. The van der Waals surface area contributed by atoms with Crippen LogP contribution in [-0.2, 0) is 16.0 Å². The first-order valence-corrected chi connectivity index (χ1v) is 11.0. The van der Waals surface area contributed by atoms with E-state index in [2.05, 4.69) is 33.8 Å². The van der Waals surface area contributed by atoms with E-state index in [-0.39, 0.29) is 29.7 Å². The number of carbonyl (C=O) groups is 2. The lowest BCUT2D eigenvalue weighted by molar-refractivity contribution is -0.125. The van der Waals surface area contributed by atoms with Gasteiger partial charge in [0.25, 0.3) is 0 Å². The molecule has 0 spiro atoms. The molecule has 6 nitrogen and oxygen atoms in total. The van der Waals surface area contributed by atoms with E-state index >= 15 is 0 Å².